The van der Waals surface area contributed by atoms with E-state index in [2.05, 4.69) is 44.0 Å². The highest BCUT2D eigenvalue weighted by molar-refractivity contribution is 6.35. The lowest BCUT2D eigenvalue weighted by Gasteiger charge is -2.37. The van der Waals surface area contributed by atoms with Crippen molar-refractivity contribution in [2.45, 2.75) is 18.4 Å². The van der Waals surface area contributed by atoms with Gasteiger partial charge in [-0.25, -0.2) is 9.78 Å². The van der Waals surface area contributed by atoms with Gasteiger partial charge in [-0.1, -0.05) is 29.3 Å². The predicted molar refractivity (Wildman–Crippen MR) is 171 cm³/mol. The summed E-state index contributed by atoms with van der Waals surface area (Å²) >= 11 is 12.7. The first-order valence-corrected chi connectivity index (χ1v) is 15.3. The van der Waals surface area contributed by atoms with Crippen LogP contribution in [0.5, 0.6) is 5.75 Å². The Labute approximate surface area is 264 Å². The van der Waals surface area contributed by atoms with Crippen molar-refractivity contribution in [1.82, 2.24) is 19.1 Å². The number of aromatic nitrogens is 4. The van der Waals surface area contributed by atoms with Crippen LogP contribution in [0, 0.1) is 0 Å². The standard InChI is InChI=1S/C32H32Cl2N6O4/c1-37-30-9-5-24(17-29(30)36-31(37)41)40-14-12-39(13-15-40)23-3-6-25(7-4-23)42-18-26-19-43-32(44-26,20-38-11-10-35-21-38)27-8-2-22(33)16-28(27)34/h2-11,16-17,21,26H,12-15,18-20H2,1H3,(H,36,41). The maximum Gasteiger partial charge on any atom is 0.326 e. The molecular formula is C32H32Cl2N6O4. The Morgan fingerprint density at radius 2 is 1.75 bits per heavy atom. The second kappa shape index (κ2) is 11.9. The van der Waals surface area contributed by atoms with Crippen LogP contribution in [0.15, 0.2) is 84.2 Å². The van der Waals surface area contributed by atoms with Gasteiger partial charge in [-0.05, 0) is 54.6 Å². The van der Waals surface area contributed by atoms with Gasteiger partial charge in [0.05, 0.1) is 35.5 Å². The van der Waals surface area contributed by atoms with E-state index in [0.717, 1.165) is 54.3 Å². The number of hydrogen-bond acceptors (Lipinski definition) is 7. The number of halogens is 2. The van der Waals surface area contributed by atoms with Gasteiger partial charge in [0.1, 0.15) is 18.5 Å². The van der Waals surface area contributed by atoms with Gasteiger partial charge in [-0.2, -0.15) is 0 Å². The van der Waals surface area contributed by atoms with Crippen LogP contribution in [0.2, 0.25) is 10.0 Å². The monoisotopic (exact) mass is 634 g/mol. The van der Waals surface area contributed by atoms with E-state index in [-0.39, 0.29) is 11.8 Å². The normalized spacial score (nSPS) is 20.5. The summed E-state index contributed by atoms with van der Waals surface area (Å²) in [4.78, 5) is 23.8. The first-order valence-electron chi connectivity index (χ1n) is 14.5. The molecule has 1 N–H and O–H groups in total. The van der Waals surface area contributed by atoms with Crippen LogP contribution < -0.4 is 20.2 Å². The van der Waals surface area contributed by atoms with Gasteiger partial charge in [0.2, 0.25) is 5.79 Å². The first kappa shape index (κ1) is 28.8. The van der Waals surface area contributed by atoms with E-state index in [9.17, 15) is 4.79 Å². The molecule has 44 heavy (non-hydrogen) atoms. The average molecular weight is 636 g/mol. The fraction of sp³-hybridized carbons (Fsp3) is 0.312. The van der Waals surface area contributed by atoms with Crippen molar-refractivity contribution in [3.63, 3.8) is 0 Å². The summed E-state index contributed by atoms with van der Waals surface area (Å²) in [6.07, 6.45) is 4.99. The van der Waals surface area contributed by atoms with Gasteiger partial charge in [-0.15, -0.1) is 0 Å². The zero-order chi connectivity index (χ0) is 30.3. The Hall–Kier alpha value is -3.96. The Bertz CT molecular complexity index is 1820. The zero-order valence-electron chi connectivity index (χ0n) is 24.2. The zero-order valence-corrected chi connectivity index (χ0v) is 25.7. The van der Waals surface area contributed by atoms with Crippen molar-refractivity contribution in [2.75, 3.05) is 49.2 Å². The highest BCUT2D eigenvalue weighted by Crippen LogP contribution is 2.40. The van der Waals surface area contributed by atoms with Crippen LogP contribution in [-0.2, 0) is 28.9 Å². The number of benzene rings is 3. The minimum absolute atomic E-state index is 0.0972. The molecule has 0 spiro atoms. The van der Waals surface area contributed by atoms with Crippen LogP contribution in [0.3, 0.4) is 0 Å². The molecule has 0 saturated carbocycles. The minimum atomic E-state index is -1.09. The fourth-order valence-corrected chi connectivity index (χ4v) is 6.51. The summed E-state index contributed by atoms with van der Waals surface area (Å²) in [6, 6.07) is 19.6. The Balaban J connectivity index is 0.957. The van der Waals surface area contributed by atoms with Crippen LogP contribution in [0.4, 0.5) is 11.4 Å². The Morgan fingerprint density at radius 1 is 1.00 bits per heavy atom. The molecule has 2 aliphatic rings. The van der Waals surface area contributed by atoms with Gasteiger partial charge >= 0.3 is 5.69 Å². The summed E-state index contributed by atoms with van der Waals surface area (Å²) in [5, 5.41) is 1.02. The number of aromatic amines is 1. The second-order valence-corrected chi connectivity index (χ2v) is 12.0. The van der Waals surface area contributed by atoms with E-state index in [0.29, 0.717) is 35.4 Å². The third-order valence-corrected chi connectivity index (χ3v) is 8.87. The number of ether oxygens (including phenoxy) is 3. The number of piperazine rings is 1. The van der Waals surface area contributed by atoms with Crippen LogP contribution in [0.1, 0.15) is 5.56 Å². The maximum absolute atomic E-state index is 12.0. The highest BCUT2D eigenvalue weighted by atomic mass is 35.5. The van der Waals surface area contributed by atoms with Gasteiger partial charge < -0.3 is 33.6 Å². The number of H-pyrrole nitrogens is 1. The topological polar surface area (TPSA) is 89.8 Å². The van der Waals surface area contributed by atoms with Gasteiger partial charge in [0, 0.05) is 67.6 Å². The molecule has 4 heterocycles. The molecule has 2 fully saturated rings. The van der Waals surface area contributed by atoms with Crippen molar-refractivity contribution < 1.29 is 14.2 Å². The van der Waals surface area contributed by atoms with E-state index in [4.69, 9.17) is 37.4 Å². The SMILES string of the molecule is Cn1c(=O)[nH]c2cc(N3CCN(c4ccc(OCC5COC(Cn6ccnc6)(c6ccc(Cl)cc6Cl)O5)cc4)CC3)ccc21. The summed E-state index contributed by atoms with van der Waals surface area (Å²) < 4.78 is 22.4. The first-order chi connectivity index (χ1) is 21.4. The van der Waals surface area contributed by atoms with E-state index in [1.54, 1.807) is 36.3 Å². The molecule has 2 unspecified atom stereocenters. The smallest absolute Gasteiger partial charge is 0.326 e. The summed E-state index contributed by atoms with van der Waals surface area (Å²) in [7, 11) is 1.78. The van der Waals surface area contributed by atoms with E-state index < -0.39 is 5.79 Å². The molecule has 10 nitrogen and oxygen atoms in total. The van der Waals surface area contributed by atoms with Gasteiger partial charge in [0.15, 0.2) is 0 Å². The van der Waals surface area contributed by atoms with E-state index in [1.165, 1.54) is 0 Å². The molecule has 0 bridgehead atoms. The van der Waals surface area contributed by atoms with Crippen molar-refractivity contribution in [3.05, 3.63) is 105 Å². The quantitative estimate of drug-likeness (QED) is 0.256. The lowest BCUT2D eigenvalue weighted by atomic mass is 10.1. The molecule has 0 amide bonds. The number of fused-ring (bicyclic) bond motifs is 1. The molecule has 0 radical (unpaired) electrons. The van der Waals surface area contributed by atoms with Crippen LogP contribution in [0.25, 0.3) is 11.0 Å². The summed E-state index contributed by atoms with van der Waals surface area (Å²) in [5.74, 6) is -0.329. The number of nitrogens with zero attached hydrogens (tertiary/aromatic N) is 5. The number of anilines is 2. The molecule has 2 aliphatic heterocycles. The van der Waals surface area contributed by atoms with Crippen molar-refractivity contribution >= 4 is 45.6 Å². The van der Waals surface area contributed by atoms with Crippen molar-refractivity contribution in [3.8, 4) is 5.75 Å². The summed E-state index contributed by atoms with van der Waals surface area (Å²) in [6.45, 7) is 4.62. The minimum Gasteiger partial charge on any atom is -0.491 e. The molecule has 228 valence electrons. The molecule has 2 aromatic heterocycles. The third kappa shape index (κ3) is 5.66. The Kier molecular flexibility index (Phi) is 7.75. The molecule has 2 atom stereocenters. The largest absolute Gasteiger partial charge is 0.491 e. The molecule has 2 saturated heterocycles. The number of rotatable bonds is 8. The van der Waals surface area contributed by atoms with Crippen LogP contribution in [-0.4, -0.2) is 64.6 Å². The maximum atomic E-state index is 12.0. The predicted octanol–water partition coefficient (Wildman–Crippen LogP) is 5.04. The van der Waals surface area contributed by atoms with Crippen LogP contribution >= 0.6 is 23.2 Å². The fourth-order valence-electron chi connectivity index (χ4n) is 5.96. The molecule has 0 aliphatic carbocycles. The second-order valence-electron chi connectivity index (χ2n) is 11.1. The molecule has 3 aromatic carbocycles. The number of nitrogens with one attached hydrogen (secondary N) is 1. The van der Waals surface area contributed by atoms with E-state index in [1.807, 2.05) is 35.0 Å². The number of aryl methyl sites for hydroxylation is 1. The van der Waals surface area contributed by atoms with Crippen molar-refractivity contribution in [1.29, 1.82) is 0 Å². The molecule has 12 heteroatoms. The highest BCUT2D eigenvalue weighted by Gasteiger charge is 2.45. The third-order valence-electron chi connectivity index (χ3n) is 8.32. The lowest BCUT2D eigenvalue weighted by Crippen LogP contribution is -2.46. The van der Waals surface area contributed by atoms with E-state index >= 15 is 0 Å². The Morgan fingerprint density at radius 3 is 2.48 bits per heavy atom. The average Bonchev–Trinajstić information content (AvgIpc) is 3.76. The molecule has 5 aromatic rings. The number of imidazole rings is 2. The van der Waals surface area contributed by atoms with Gasteiger partial charge in [-0.3, -0.25) is 4.57 Å². The van der Waals surface area contributed by atoms with Gasteiger partial charge in [0.25, 0.3) is 0 Å². The molecule has 7 rings (SSSR count). The lowest BCUT2D eigenvalue weighted by molar-refractivity contribution is -0.189. The van der Waals surface area contributed by atoms with Crippen molar-refractivity contribution in [2.24, 2.45) is 7.05 Å². The summed E-state index contributed by atoms with van der Waals surface area (Å²) in [5.41, 5.74) is 4.65. The number of hydrogen-bond donors (Lipinski definition) is 1. The molecular weight excluding hydrogens is 603 g/mol.